The van der Waals surface area contributed by atoms with E-state index in [2.05, 4.69) is 43.7 Å². The Morgan fingerprint density at radius 3 is 2.61 bits per heavy atom. The zero-order valence-electron chi connectivity index (χ0n) is 12.4. The number of anilines is 1. The second kappa shape index (κ2) is 5.88. The lowest BCUT2D eigenvalue weighted by Crippen LogP contribution is -2.01. The maximum atomic E-state index is 4.52. The number of hydrogen-bond acceptors (Lipinski definition) is 4. The Labute approximate surface area is 133 Å². The van der Waals surface area contributed by atoms with E-state index in [-0.39, 0.29) is 0 Å². The summed E-state index contributed by atoms with van der Waals surface area (Å²) in [5, 5.41) is 11.1. The van der Waals surface area contributed by atoms with Crippen LogP contribution in [0.5, 0.6) is 0 Å². The SMILES string of the molecule is c1ccc(-c2ccc(CNc3cnc4[nH]ncc4c3)nc2)cc1. The van der Waals surface area contributed by atoms with Gasteiger partial charge in [-0.15, -0.1) is 0 Å². The normalized spacial score (nSPS) is 10.8. The zero-order chi connectivity index (χ0) is 15.5. The zero-order valence-corrected chi connectivity index (χ0v) is 12.4. The molecule has 0 aliphatic carbocycles. The summed E-state index contributed by atoms with van der Waals surface area (Å²) in [5.74, 6) is 0. The van der Waals surface area contributed by atoms with Gasteiger partial charge in [0, 0.05) is 17.1 Å². The highest BCUT2D eigenvalue weighted by atomic mass is 15.1. The Balaban J connectivity index is 1.46. The number of aromatic amines is 1. The number of hydrogen-bond donors (Lipinski definition) is 2. The maximum absolute atomic E-state index is 4.52. The smallest absolute Gasteiger partial charge is 0.155 e. The number of nitrogens with zero attached hydrogens (tertiary/aromatic N) is 3. The summed E-state index contributed by atoms with van der Waals surface area (Å²) in [6, 6.07) is 16.4. The predicted octanol–water partition coefficient (Wildman–Crippen LogP) is 3.63. The molecule has 5 heteroatoms. The van der Waals surface area contributed by atoms with Crippen LogP contribution in [0, 0.1) is 0 Å². The molecule has 4 aromatic rings. The first kappa shape index (κ1) is 13.5. The van der Waals surface area contributed by atoms with Gasteiger partial charge in [-0.05, 0) is 17.7 Å². The molecule has 23 heavy (non-hydrogen) atoms. The molecule has 0 unspecified atom stereocenters. The highest BCUT2D eigenvalue weighted by molar-refractivity contribution is 5.77. The van der Waals surface area contributed by atoms with E-state index < -0.39 is 0 Å². The van der Waals surface area contributed by atoms with E-state index in [0.29, 0.717) is 6.54 Å². The van der Waals surface area contributed by atoms with E-state index in [1.807, 2.05) is 36.5 Å². The molecule has 0 fully saturated rings. The van der Waals surface area contributed by atoms with Gasteiger partial charge < -0.3 is 5.32 Å². The summed E-state index contributed by atoms with van der Waals surface area (Å²) in [5.41, 5.74) is 5.02. The highest BCUT2D eigenvalue weighted by Crippen LogP contribution is 2.18. The summed E-state index contributed by atoms with van der Waals surface area (Å²) < 4.78 is 0. The molecule has 4 rings (SSSR count). The van der Waals surface area contributed by atoms with E-state index >= 15 is 0 Å². The van der Waals surface area contributed by atoms with E-state index in [9.17, 15) is 0 Å². The summed E-state index contributed by atoms with van der Waals surface area (Å²) in [7, 11) is 0. The van der Waals surface area contributed by atoms with Crippen LogP contribution >= 0.6 is 0 Å². The molecule has 5 nitrogen and oxygen atoms in total. The minimum atomic E-state index is 0.653. The molecule has 0 aliphatic heterocycles. The van der Waals surface area contributed by atoms with E-state index in [4.69, 9.17) is 0 Å². The van der Waals surface area contributed by atoms with Gasteiger partial charge in [-0.25, -0.2) is 4.98 Å². The fourth-order valence-corrected chi connectivity index (χ4v) is 2.46. The van der Waals surface area contributed by atoms with Gasteiger partial charge in [-0.3, -0.25) is 10.1 Å². The van der Waals surface area contributed by atoms with Crippen LogP contribution in [-0.2, 0) is 6.54 Å². The topological polar surface area (TPSA) is 66.5 Å². The predicted molar refractivity (Wildman–Crippen MR) is 90.9 cm³/mol. The van der Waals surface area contributed by atoms with Crippen LogP contribution in [0.1, 0.15) is 5.69 Å². The number of nitrogens with one attached hydrogen (secondary N) is 2. The van der Waals surface area contributed by atoms with E-state index in [1.165, 1.54) is 5.56 Å². The van der Waals surface area contributed by atoms with Crippen molar-refractivity contribution in [3.63, 3.8) is 0 Å². The maximum Gasteiger partial charge on any atom is 0.155 e. The molecule has 0 bridgehead atoms. The van der Waals surface area contributed by atoms with Gasteiger partial charge in [-0.2, -0.15) is 5.10 Å². The van der Waals surface area contributed by atoms with Crippen molar-refractivity contribution in [1.29, 1.82) is 0 Å². The average molecular weight is 301 g/mol. The molecule has 0 spiro atoms. The molecule has 0 radical (unpaired) electrons. The standard InChI is InChI=1S/C18H15N5/c1-2-4-13(5-3-1)14-6-7-16(19-9-14)11-20-17-8-15-10-22-23-18(15)21-12-17/h1-10,12,20H,11H2,(H,21,22,23). The minimum absolute atomic E-state index is 0.653. The third kappa shape index (κ3) is 2.89. The fraction of sp³-hybridized carbons (Fsp3) is 0.0556. The van der Waals surface area contributed by atoms with Crippen LogP contribution in [0.3, 0.4) is 0 Å². The van der Waals surface area contributed by atoms with Gasteiger partial charge >= 0.3 is 0 Å². The van der Waals surface area contributed by atoms with Crippen molar-refractivity contribution in [3.05, 3.63) is 72.8 Å². The molecule has 0 saturated heterocycles. The van der Waals surface area contributed by atoms with Crippen LogP contribution < -0.4 is 5.32 Å². The first-order valence-electron chi connectivity index (χ1n) is 7.42. The van der Waals surface area contributed by atoms with Crippen molar-refractivity contribution >= 4 is 16.7 Å². The van der Waals surface area contributed by atoms with Crippen molar-refractivity contribution in [2.45, 2.75) is 6.54 Å². The first-order valence-corrected chi connectivity index (χ1v) is 7.42. The van der Waals surface area contributed by atoms with Crippen molar-refractivity contribution in [3.8, 4) is 11.1 Å². The number of H-pyrrole nitrogens is 1. The second-order valence-electron chi connectivity index (χ2n) is 5.29. The number of rotatable bonds is 4. The molecule has 112 valence electrons. The lowest BCUT2D eigenvalue weighted by molar-refractivity contribution is 1.04. The van der Waals surface area contributed by atoms with Gasteiger partial charge in [0.15, 0.2) is 5.65 Å². The Morgan fingerprint density at radius 1 is 0.870 bits per heavy atom. The van der Waals surface area contributed by atoms with Crippen molar-refractivity contribution < 1.29 is 0 Å². The van der Waals surface area contributed by atoms with E-state index in [1.54, 1.807) is 12.4 Å². The lowest BCUT2D eigenvalue weighted by Gasteiger charge is -2.07. The third-order valence-corrected chi connectivity index (χ3v) is 3.70. The number of pyridine rings is 2. The van der Waals surface area contributed by atoms with Crippen molar-refractivity contribution in [1.82, 2.24) is 20.2 Å². The Morgan fingerprint density at radius 2 is 1.78 bits per heavy atom. The molecule has 0 amide bonds. The highest BCUT2D eigenvalue weighted by Gasteiger charge is 2.01. The Kier molecular flexibility index (Phi) is 3.44. The lowest BCUT2D eigenvalue weighted by atomic mass is 10.1. The van der Waals surface area contributed by atoms with Crippen molar-refractivity contribution in [2.75, 3.05) is 5.32 Å². The molecular formula is C18H15N5. The van der Waals surface area contributed by atoms with Crippen LogP contribution in [0.15, 0.2) is 67.1 Å². The molecule has 0 aliphatic rings. The van der Waals surface area contributed by atoms with Crippen molar-refractivity contribution in [2.24, 2.45) is 0 Å². The second-order valence-corrected chi connectivity index (χ2v) is 5.29. The van der Waals surface area contributed by atoms with Gasteiger partial charge in [0.1, 0.15) is 0 Å². The van der Waals surface area contributed by atoms with E-state index in [0.717, 1.165) is 28.0 Å². The molecule has 3 aromatic heterocycles. The van der Waals surface area contributed by atoms with Crippen LogP contribution in [0.2, 0.25) is 0 Å². The number of fused-ring (bicyclic) bond motifs is 1. The van der Waals surface area contributed by atoms with Crippen LogP contribution in [-0.4, -0.2) is 20.2 Å². The molecule has 3 heterocycles. The molecule has 2 N–H and O–H groups in total. The number of aromatic nitrogens is 4. The average Bonchev–Trinajstić information content (AvgIpc) is 3.09. The molecule has 0 atom stereocenters. The van der Waals surface area contributed by atoms with Gasteiger partial charge in [0.05, 0.1) is 30.3 Å². The summed E-state index contributed by atoms with van der Waals surface area (Å²) >= 11 is 0. The molecular weight excluding hydrogens is 286 g/mol. The Hall–Kier alpha value is -3.21. The Bertz CT molecular complexity index is 913. The van der Waals surface area contributed by atoms with Gasteiger partial charge in [-0.1, -0.05) is 36.4 Å². The summed E-state index contributed by atoms with van der Waals surface area (Å²) in [6.07, 6.45) is 5.46. The fourth-order valence-electron chi connectivity index (χ4n) is 2.46. The molecule has 0 saturated carbocycles. The third-order valence-electron chi connectivity index (χ3n) is 3.70. The molecule has 1 aromatic carbocycles. The quantitative estimate of drug-likeness (QED) is 0.604. The van der Waals surface area contributed by atoms with Gasteiger partial charge in [0.2, 0.25) is 0 Å². The number of benzene rings is 1. The summed E-state index contributed by atoms with van der Waals surface area (Å²) in [6.45, 7) is 0.653. The van der Waals surface area contributed by atoms with Crippen LogP contribution in [0.25, 0.3) is 22.2 Å². The first-order chi connectivity index (χ1) is 11.4. The van der Waals surface area contributed by atoms with Crippen LogP contribution in [0.4, 0.5) is 5.69 Å². The summed E-state index contributed by atoms with van der Waals surface area (Å²) in [4.78, 5) is 8.83. The monoisotopic (exact) mass is 301 g/mol. The largest absolute Gasteiger partial charge is 0.378 e. The minimum Gasteiger partial charge on any atom is -0.378 e. The van der Waals surface area contributed by atoms with Gasteiger partial charge in [0.25, 0.3) is 0 Å².